The Hall–Kier alpha value is -1.02. The van der Waals surface area contributed by atoms with Crippen LogP contribution in [0.4, 0.5) is 0 Å². The molecule has 21 heavy (non-hydrogen) atoms. The third-order valence-corrected chi connectivity index (χ3v) is 5.54. The zero-order valence-electron chi connectivity index (χ0n) is 13.1. The van der Waals surface area contributed by atoms with E-state index in [-0.39, 0.29) is 0 Å². The molecule has 0 spiro atoms. The second kappa shape index (κ2) is 5.64. The van der Waals surface area contributed by atoms with Gasteiger partial charge in [0.15, 0.2) is 0 Å². The molecule has 0 heterocycles. The SMILES string of the molecule is CCCNC(c1ccc(OC2CC2)cc1)C1C2CCCC21. The number of benzene rings is 1. The van der Waals surface area contributed by atoms with Gasteiger partial charge in [-0.3, -0.25) is 0 Å². The van der Waals surface area contributed by atoms with Gasteiger partial charge in [-0.25, -0.2) is 0 Å². The van der Waals surface area contributed by atoms with Crippen molar-refractivity contribution in [3.63, 3.8) is 0 Å². The summed E-state index contributed by atoms with van der Waals surface area (Å²) in [5, 5.41) is 3.81. The first-order chi connectivity index (χ1) is 10.4. The third kappa shape index (κ3) is 2.83. The van der Waals surface area contributed by atoms with E-state index in [1.54, 1.807) is 0 Å². The van der Waals surface area contributed by atoms with E-state index in [9.17, 15) is 0 Å². The molecule has 1 N–H and O–H groups in total. The molecular formula is C19H27NO. The molecule has 1 aromatic carbocycles. The van der Waals surface area contributed by atoms with E-state index >= 15 is 0 Å². The van der Waals surface area contributed by atoms with Crippen molar-refractivity contribution in [3.05, 3.63) is 29.8 Å². The van der Waals surface area contributed by atoms with Crippen molar-refractivity contribution in [1.29, 1.82) is 0 Å². The largest absolute Gasteiger partial charge is 0.490 e. The van der Waals surface area contributed by atoms with E-state index < -0.39 is 0 Å². The Morgan fingerprint density at radius 3 is 2.43 bits per heavy atom. The Morgan fingerprint density at radius 2 is 1.81 bits per heavy atom. The first-order valence-electron chi connectivity index (χ1n) is 8.87. The van der Waals surface area contributed by atoms with Gasteiger partial charge in [0.25, 0.3) is 0 Å². The lowest BCUT2D eigenvalue weighted by molar-refractivity contribution is 0.303. The summed E-state index contributed by atoms with van der Waals surface area (Å²) in [4.78, 5) is 0. The van der Waals surface area contributed by atoms with E-state index in [1.807, 2.05) is 0 Å². The van der Waals surface area contributed by atoms with Gasteiger partial charge >= 0.3 is 0 Å². The van der Waals surface area contributed by atoms with Crippen molar-refractivity contribution in [2.24, 2.45) is 17.8 Å². The highest BCUT2D eigenvalue weighted by atomic mass is 16.5. The first kappa shape index (κ1) is 13.6. The maximum absolute atomic E-state index is 5.87. The highest BCUT2D eigenvalue weighted by Gasteiger charge is 2.55. The number of nitrogens with one attached hydrogen (secondary N) is 1. The van der Waals surface area contributed by atoms with Gasteiger partial charge in [-0.05, 0) is 74.1 Å². The molecule has 4 rings (SSSR count). The normalized spacial score (nSPS) is 31.8. The van der Waals surface area contributed by atoms with Crippen LogP contribution in [0.1, 0.15) is 57.1 Å². The Balaban J connectivity index is 1.46. The molecule has 0 saturated heterocycles. The molecule has 2 heteroatoms. The Bertz CT molecular complexity index is 469. The van der Waals surface area contributed by atoms with Crippen LogP contribution in [-0.2, 0) is 0 Å². The number of rotatable bonds is 7. The lowest BCUT2D eigenvalue weighted by Crippen LogP contribution is -2.25. The van der Waals surface area contributed by atoms with Crippen LogP contribution < -0.4 is 10.1 Å². The molecule has 0 amide bonds. The van der Waals surface area contributed by atoms with Gasteiger partial charge in [-0.1, -0.05) is 25.5 Å². The average Bonchev–Trinajstić information content (AvgIpc) is 3.40. The molecular weight excluding hydrogens is 258 g/mol. The van der Waals surface area contributed by atoms with Crippen molar-refractivity contribution in [2.75, 3.05) is 6.54 Å². The summed E-state index contributed by atoms with van der Waals surface area (Å²) in [6, 6.07) is 9.49. The minimum Gasteiger partial charge on any atom is -0.490 e. The Labute approximate surface area is 128 Å². The van der Waals surface area contributed by atoms with Crippen molar-refractivity contribution in [3.8, 4) is 5.75 Å². The molecule has 3 fully saturated rings. The molecule has 1 aromatic rings. The summed E-state index contributed by atoms with van der Waals surface area (Å²) < 4.78 is 5.87. The van der Waals surface area contributed by atoms with Gasteiger partial charge < -0.3 is 10.1 Å². The predicted octanol–water partition coefficient (Wildman–Crippen LogP) is 4.31. The van der Waals surface area contributed by atoms with Gasteiger partial charge in [-0.15, -0.1) is 0 Å². The summed E-state index contributed by atoms with van der Waals surface area (Å²) in [5.74, 6) is 3.94. The fraction of sp³-hybridized carbons (Fsp3) is 0.684. The van der Waals surface area contributed by atoms with Crippen LogP contribution in [0.25, 0.3) is 0 Å². The minimum atomic E-state index is 0.493. The van der Waals surface area contributed by atoms with Crippen molar-refractivity contribution in [2.45, 2.75) is 57.6 Å². The van der Waals surface area contributed by atoms with Crippen LogP contribution in [0, 0.1) is 17.8 Å². The van der Waals surface area contributed by atoms with Gasteiger partial charge in [0.1, 0.15) is 5.75 Å². The molecule has 0 aliphatic heterocycles. The molecule has 3 aliphatic rings. The van der Waals surface area contributed by atoms with Gasteiger partial charge in [0.05, 0.1) is 6.10 Å². The number of ether oxygens (including phenoxy) is 1. The van der Waals surface area contributed by atoms with Crippen molar-refractivity contribution in [1.82, 2.24) is 5.32 Å². The van der Waals surface area contributed by atoms with Crippen LogP contribution in [0.15, 0.2) is 24.3 Å². The minimum absolute atomic E-state index is 0.493. The zero-order chi connectivity index (χ0) is 14.2. The van der Waals surface area contributed by atoms with Crippen LogP contribution in [-0.4, -0.2) is 12.6 Å². The fourth-order valence-electron chi connectivity index (χ4n) is 4.28. The van der Waals surface area contributed by atoms with Crippen LogP contribution in [0.2, 0.25) is 0 Å². The summed E-state index contributed by atoms with van der Waals surface area (Å²) in [6.45, 7) is 3.38. The smallest absolute Gasteiger partial charge is 0.119 e. The summed E-state index contributed by atoms with van der Waals surface area (Å²) in [5.41, 5.74) is 1.46. The predicted molar refractivity (Wildman–Crippen MR) is 85.4 cm³/mol. The molecule has 2 nitrogen and oxygen atoms in total. The topological polar surface area (TPSA) is 21.3 Å². The molecule has 0 bridgehead atoms. The molecule has 114 valence electrons. The standard InChI is InChI=1S/C19H27NO/c1-2-12-20-19(18-16-4-3-5-17(16)18)13-6-8-14(9-7-13)21-15-10-11-15/h6-9,15-20H,2-5,10-12H2,1H3. The molecule has 0 radical (unpaired) electrons. The zero-order valence-corrected chi connectivity index (χ0v) is 13.1. The van der Waals surface area contributed by atoms with E-state index in [4.69, 9.17) is 4.74 Å². The second-order valence-electron chi connectivity index (χ2n) is 7.15. The van der Waals surface area contributed by atoms with Crippen molar-refractivity contribution < 1.29 is 4.74 Å². The van der Waals surface area contributed by atoms with E-state index in [0.717, 1.165) is 30.0 Å². The van der Waals surface area contributed by atoms with E-state index in [2.05, 4.69) is 36.5 Å². The van der Waals surface area contributed by atoms with E-state index in [0.29, 0.717) is 12.1 Å². The van der Waals surface area contributed by atoms with Gasteiger partial charge in [-0.2, -0.15) is 0 Å². The van der Waals surface area contributed by atoms with Crippen LogP contribution in [0.3, 0.4) is 0 Å². The van der Waals surface area contributed by atoms with Crippen LogP contribution in [0.5, 0.6) is 5.75 Å². The second-order valence-corrected chi connectivity index (χ2v) is 7.15. The quantitative estimate of drug-likeness (QED) is 0.806. The lowest BCUT2D eigenvalue weighted by atomic mass is 9.96. The number of hydrogen-bond donors (Lipinski definition) is 1. The highest BCUT2D eigenvalue weighted by Crippen LogP contribution is 2.62. The fourth-order valence-corrected chi connectivity index (χ4v) is 4.28. The highest BCUT2D eigenvalue weighted by molar-refractivity contribution is 5.31. The summed E-state index contributed by atoms with van der Waals surface area (Å²) in [6.07, 6.45) is 8.54. The van der Waals surface area contributed by atoms with Gasteiger partial charge in [0.2, 0.25) is 0 Å². The maximum Gasteiger partial charge on any atom is 0.119 e. The lowest BCUT2D eigenvalue weighted by Gasteiger charge is -2.21. The maximum atomic E-state index is 5.87. The molecule has 3 saturated carbocycles. The molecule has 3 aliphatic carbocycles. The molecule has 3 unspecified atom stereocenters. The number of hydrogen-bond acceptors (Lipinski definition) is 2. The molecule has 0 aromatic heterocycles. The summed E-state index contributed by atoms with van der Waals surface area (Å²) in [7, 11) is 0. The summed E-state index contributed by atoms with van der Waals surface area (Å²) >= 11 is 0. The number of fused-ring (bicyclic) bond motifs is 1. The van der Waals surface area contributed by atoms with E-state index in [1.165, 1.54) is 44.1 Å². The van der Waals surface area contributed by atoms with Gasteiger partial charge in [0, 0.05) is 6.04 Å². The first-order valence-corrected chi connectivity index (χ1v) is 8.87. The average molecular weight is 285 g/mol. The molecule has 3 atom stereocenters. The monoisotopic (exact) mass is 285 g/mol. The Kier molecular flexibility index (Phi) is 3.66. The van der Waals surface area contributed by atoms with Crippen molar-refractivity contribution >= 4 is 0 Å². The third-order valence-electron chi connectivity index (χ3n) is 5.54. The van der Waals surface area contributed by atoms with Crippen LogP contribution >= 0.6 is 0 Å². The Morgan fingerprint density at radius 1 is 1.10 bits per heavy atom.